The molecule has 3 nitrogen and oxygen atoms in total. The monoisotopic (exact) mass is 568 g/mol. The number of rotatable bonds is 4. The van der Waals surface area contributed by atoms with E-state index in [1.54, 1.807) is 0 Å². The summed E-state index contributed by atoms with van der Waals surface area (Å²) in [5.41, 5.74) is 5.88. The van der Waals surface area contributed by atoms with E-state index in [1.807, 2.05) is 11.3 Å². The first-order valence-electron chi connectivity index (χ1n) is 14.4. The molecule has 7 aromatic carbocycles. The van der Waals surface area contributed by atoms with Crippen LogP contribution in [0.4, 0.5) is 17.4 Å². The maximum absolute atomic E-state index is 6.79. The molecule has 0 saturated heterocycles. The summed E-state index contributed by atoms with van der Waals surface area (Å²) in [5.74, 6) is 0. The smallest absolute Gasteiger partial charge is 0.307 e. The summed E-state index contributed by atoms with van der Waals surface area (Å²) in [6.07, 6.45) is 0. The Kier molecular flexibility index (Phi) is 5.37. The quantitative estimate of drug-likeness (QED) is 0.198. The first kappa shape index (κ1) is 24.2. The average Bonchev–Trinajstić information content (AvgIpc) is 3.67. The lowest BCUT2D eigenvalue weighted by atomic mass is 10.0. The van der Waals surface area contributed by atoms with Crippen LogP contribution in [-0.2, 0) is 0 Å². The Balaban J connectivity index is 1.32. The molecule has 0 aliphatic heterocycles. The number of hydrogen-bond donors (Lipinski definition) is 0. The minimum Gasteiger partial charge on any atom is -0.422 e. The molecule has 9 aromatic rings. The lowest BCUT2D eigenvalue weighted by Gasteiger charge is -2.24. The van der Waals surface area contributed by atoms with Crippen LogP contribution >= 0.6 is 11.3 Å². The van der Waals surface area contributed by atoms with Crippen LogP contribution in [0.3, 0.4) is 0 Å². The fourth-order valence-electron chi connectivity index (χ4n) is 6.29. The highest BCUT2D eigenvalue weighted by atomic mass is 32.1. The molecule has 4 heteroatoms. The molecule has 0 unspecified atom stereocenters. The van der Waals surface area contributed by atoms with Gasteiger partial charge in [0.1, 0.15) is 5.52 Å². The predicted molar refractivity (Wildman–Crippen MR) is 182 cm³/mol. The van der Waals surface area contributed by atoms with E-state index in [1.165, 1.54) is 30.9 Å². The summed E-state index contributed by atoms with van der Waals surface area (Å²) < 4.78 is 9.34. The van der Waals surface area contributed by atoms with Crippen molar-refractivity contribution in [2.24, 2.45) is 0 Å². The van der Waals surface area contributed by atoms with Gasteiger partial charge in [0.05, 0.1) is 11.4 Å². The molecular formula is C39H24N2OS. The van der Waals surface area contributed by atoms with E-state index >= 15 is 0 Å². The first-order valence-corrected chi connectivity index (χ1v) is 15.2. The maximum Gasteiger partial charge on any atom is 0.307 e. The minimum absolute atomic E-state index is 0.540. The van der Waals surface area contributed by atoms with E-state index in [0.717, 1.165) is 44.4 Å². The van der Waals surface area contributed by atoms with E-state index < -0.39 is 0 Å². The van der Waals surface area contributed by atoms with E-state index in [4.69, 9.17) is 9.40 Å². The van der Waals surface area contributed by atoms with Crippen LogP contribution in [0.15, 0.2) is 150 Å². The molecule has 2 aromatic heterocycles. The molecule has 43 heavy (non-hydrogen) atoms. The summed E-state index contributed by atoms with van der Waals surface area (Å²) in [4.78, 5) is 7.29. The van der Waals surface area contributed by atoms with Gasteiger partial charge in [0.25, 0.3) is 0 Å². The van der Waals surface area contributed by atoms with Crippen molar-refractivity contribution in [2.45, 2.75) is 0 Å². The molecule has 0 fully saturated rings. The number of oxazole rings is 1. The van der Waals surface area contributed by atoms with Gasteiger partial charge < -0.3 is 4.42 Å². The van der Waals surface area contributed by atoms with Crippen LogP contribution in [0.25, 0.3) is 63.9 Å². The van der Waals surface area contributed by atoms with Crippen LogP contribution in [0, 0.1) is 0 Å². The Morgan fingerprint density at radius 1 is 0.535 bits per heavy atom. The van der Waals surface area contributed by atoms with Crippen molar-refractivity contribution in [1.29, 1.82) is 0 Å². The maximum atomic E-state index is 6.79. The topological polar surface area (TPSA) is 29.3 Å². The summed E-state index contributed by atoms with van der Waals surface area (Å²) >= 11 is 1.82. The predicted octanol–water partition coefficient (Wildman–Crippen LogP) is 11.6. The second-order valence-electron chi connectivity index (χ2n) is 10.8. The van der Waals surface area contributed by atoms with Gasteiger partial charge in [0, 0.05) is 31.1 Å². The Morgan fingerprint density at radius 3 is 2.21 bits per heavy atom. The van der Waals surface area contributed by atoms with Crippen molar-refractivity contribution in [1.82, 2.24) is 4.98 Å². The highest BCUT2D eigenvalue weighted by Gasteiger charge is 2.23. The first-order chi connectivity index (χ1) is 21.3. The highest BCUT2D eigenvalue weighted by Crippen LogP contribution is 2.44. The number of nitrogens with zero attached hydrogens (tertiary/aromatic N) is 2. The van der Waals surface area contributed by atoms with Crippen molar-refractivity contribution in [3.05, 3.63) is 146 Å². The normalized spacial score (nSPS) is 11.7. The molecule has 9 rings (SSSR count). The average molecular weight is 569 g/mol. The lowest BCUT2D eigenvalue weighted by molar-refractivity contribution is 0.611. The number of anilines is 3. The number of thiophene rings is 1. The van der Waals surface area contributed by atoms with Gasteiger partial charge in [-0.05, 0) is 64.2 Å². The molecular weight excluding hydrogens is 545 g/mol. The molecule has 0 N–H and O–H groups in total. The van der Waals surface area contributed by atoms with Crippen molar-refractivity contribution in [3.8, 4) is 11.1 Å². The van der Waals surface area contributed by atoms with Crippen molar-refractivity contribution in [2.75, 3.05) is 4.90 Å². The minimum atomic E-state index is 0.540. The van der Waals surface area contributed by atoms with Crippen LogP contribution in [0.2, 0.25) is 0 Å². The van der Waals surface area contributed by atoms with Gasteiger partial charge in [-0.3, -0.25) is 4.90 Å². The molecule has 2 heterocycles. The summed E-state index contributed by atoms with van der Waals surface area (Å²) in [5, 5.41) is 7.13. The molecule has 0 radical (unpaired) electrons. The summed E-state index contributed by atoms with van der Waals surface area (Å²) in [6, 6.07) is 51.9. The van der Waals surface area contributed by atoms with Gasteiger partial charge in [-0.15, -0.1) is 11.3 Å². The molecule has 0 amide bonds. The number of hydrogen-bond acceptors (Lipinski definition) is 4. The summed E-state index contributed by atoms with van der Waals surface area (Å²) in [6.45, 7) is 0. The third-order valence-electron chi connectivity index (χ3n) is 8.30. The van der Waals surface area contributed by atoms with E-state index in [9.17, 15) is 0 Å². The van der Waals surface area contributed by atoms with Crippen LogP contribution in [0.1, 0.15) is 0 Å². The van der Waals surface area contributed by atoms with E-state index in [-0.39, 0.29) is 0 Å². The Morgan fingerprint density at radius 2 is 1.28 bits per heavy atom. The zero-order chi connectivity index (χ0) is 28.3. The SMILES string of the molecule is c1ccc(-c2ccccc2N(c2ccc3sc4ccccc4c3c2)c2nc3ccc4c5ccccc5ccc4c3o2)cc1. The molecule has 0 aliphatic rings. The van der Waals surface area contributed by atoms with Crippen molar-refractivity contribution < 1.29 is 4.42 Å². The van der Waals surface area contributed by atoms with Crippen LogP contribution in [-0.4, -0.2) is 4.98 Å². The largest absolute Gasteiger partial charge is 0.422 e. The Labute approximate surface area is 251 Å². The fraction of sp³-hybridized carbons (Fsp3) is 0. The zero-order valence-corrected chi connectivity index (χ0v) is 23.9. The Hall–Kier alpha value is -5.45. The van der Waals surface area contributed by atoms with Crippen molar-refractivity contribution in [3.63, 3.8) is 0 Å². The van der Waals surface area contributed by atoms with Crippen molar-refractivity contribution >= 4 is 81.5 Å². The summed E-state index contributed by atoms with van der Waals surface area (Å²) in [7, 11) is 0. The van der Waals surface area contributed by atoms with Gasteiger partial charge in [-0.25, -0.2) is 0 Å². The third kappa shape index (κ3) is 3.84. The van der Waals surface area contributed by atoms with Gasteiger partial charge in [0.2, 0.25) is 0 Å². The van der Waals surface area contributed by atoms with Crippen LogP contribution < -0.4 is 4.90 Å². The molecule has 0 bridgehead atoms. The molecule has 0 atom stereocenters. The second kappa shape index (κ2) is 9.55. The standard InChI is InChI=1S/C39H24N2OS/c1-2-10-25(11-3-1)29-14-6-8-16-35(29)41(27-19-23-37-33(24-27)31-15-7-9-17-36(31)43-37)39-40-34-22-21-30-28-13-5-4-12-26(28)18-20-32(30)38(34)42-39/h1-24H. The van der Waals surface area contributed by atoms with Gasteiger partial charge in [-0.1, -0.05) is 103 Å². The number of para-hydroxylation sites is 1. The number of fused-ring (bicyclic) bond motifs is 8. The molecule has 0 saturated carbocycles. The fourth-order valence-corrected chi connectivity index (χ4v) is 7.38. The van der Waals surface area contributed by atoms with Crippen LogP contribution in [0.5, 0.6) is 0 Å². The highest BCUT2D eigenvalue weighted by molar-refractivity contribution is 7.25. The molecule has 0 aliphatic carbocycles. The molecule has 202 valence electrons. The van der Waals surface area contributed by atoms with E-state index in [0.29, 0.717) is 6.01 Å². The number of benzene rings is 7. The van der Waals surface area contributed by atoms with Gasteiger partial charge in [-0.2, -0.15) is 4.98 Å². The van der Waals surface area contributed by atoms with Gasteiger partial charge >= 0.3 is 6.01 Å². The molecule has 0 spiro atoms. The number of aromatic nitrogens is 1. The van der Waals surface area contributed by atoms with Gasteiger partial charge in [0.15, 0.2) is 5.58 Å². The second-order valence-corrected chi connectivity index (χ2v) is 11.9. The van der Waals surface area contributed by atoms with E-state index in [2.05, 4.69) is 150 Å². The third-order valence-corrected chi connectivity index (χ3v) is 9.46. The zero-order valence-electron chi connectivity index (χ0n) is 23.1. The lowest BCUT2D eigenvalue weighted by Crippen LogP contribution is -2.11. The Bertz CT molecular complexity index is 2470.